The van der Waals surface area contributed by atoms with Crippen molar-refractivity contribution < 1.29 is 23.7 Å². The predicted molar refractivity (Wildman–Crippen MR) is 82.9 cm³/mol. The summed E-state index contributed by atoms with van der Waals surface area (Å²) in [4.78, 5) is 0. The number of rotatable bonds is 0. The maximum absolute atomic E-state index is 9.40. The van der Waals surface area contributed by atoms with E-state index in [1.165, 1.54) is 0 Å². The molecule has 6 heteroatoms. The standard InChI is InChI=1S/C17H23NO5/c18-12-17-15-2-1-3-16(17)14-23-11-9-21-7-5-19-4-6-20-8-10-22-13-15/h1-3H,4-11,13-14H2. The van der Waals surface area contributed by atoms with Gasteiger partial charge in [-0.1, -0.05) is 18.2 Å². The Kier molecular flexibility index (Phi) is 8.62. The zero-order valence-electron chi connectivity index (χ0n) is 13.3. The first-order valence-corrected chi connectivity index (χ1v) is 7.81. The van der Waals surface area contributed by atoms with Crippen molar-refractivity contribution in [1.82, 2.24) is 0 Å². The van der Waals surface area contributed by atoms with Crippen LogP contribution >= 0.6 is 0 Å². The van der Waals surface area contributed by atoms with E-state index in [0.29, 0.717) is 71.6 Å². The fourth-order valence-corrected chi connectivity index (χ4v) is 2.18. The van der Waals surface area contributed by atoms with Crippen molar-refractivity contribution in [2.75, 3.05) is 52.9 Å². The van der Waals surface area contributed by atoms with Crippen molar-refractivity contribution >= 4 is 0 Å². The molecule has 0 saturated carbocycles. The summed E-state index contributed by atoms with van der Waals surface area (Å²) in [6.07, 6.45) is 0. The number of fused-ring (bicyclic) bond motifs is 2. The first-order valence-electron chi connectivity index (χ1n) is 7.81. The zero-order valence-corrected chi connectivity index (χ0v) is 13.3. The molecule has 2 rings (SSSR count). The van der Waals surface area contributed by atoms with Gasteiger partial charge >= 0.3 is 0 Å². The normalized spacial score (nSPS) is 19.3. The molecule has 0 amide bonds. The van der Waals surface area contributed by atoms with Crippen LogP contribution in [0, 0.1) is 11.3 Å². The summed E-state index contributed by atoms with van der Waals surface area (Å²) in [5, 5.41) is 9.40. The summed E-state index contributed by atoms with van der Waals surface area (Å²) in [7, 11) is 0. The number of benzene rings is 1. The maximum atomic E-state index is 9.40. The van der Waals surface area contributed by atoms with Gasteiger partial charge in [-0.2, -0.15) is 5.26 Å². The lowest BCUT2D eigenvalue weighted by Crippen LogP contribution is -2.14. The predicted octanol–water partition coefficient (Wildman–Crippen LogP) is 1.65. The van der Waals surface area contributed by atoms with Crippen LogP contribution in [0.4, 0.5) is 0 Å². The molecule has 23 heavy (non-hydrogen) atoms. The van der Waals surface area contributed by atoms with Gasteiger partial charge in [0, 0.05) is 0 Å². The van der Waals surface area contributed by atoms with E-state index in [-0.39, 0.29) is 0 Å². The van der Waals surface area contributed by atoms with Crippen molar-refractivity contribution in [1.29, 1.82) is 5.26 Å². The van der Waals surface area contributed by atoms with Crippen LogP contribution in [0.25, 0.3) is 0 Å². The highest BCUT2D eigenvalue weighted by Crippen LogP contribution is 2.16. The molecule has 2 bridgehead atoms. The van der Waals surface area contributed by atoms with E-state index >= 15 is 0 Å². The molecule has 0 atom stereocenters. The largest absolute Gasteiger partial charge is 0.377 e. The Hall–Kier alpha value is -1.49. The summed E-state index contributed by atoms with van der Waals surface area (Å²) in [5.41, 5.74) is 2.37. The molecular weight excluding hydrogens is 298 g/mol. The van der Waals surface area contributed by atoms with Gasteiger partial charge in [0.1, 0.15) is 0 Å². The van der Waals surface area contributed by atoms with E-state index in [0.717, 1.165) is 11.1 Å². The van der Waals surface area contributed by atoms with Crippen LogP contribution < -0.4 is 0 Å². The van der Waals surface area contributed by atoms with Crippen molar-refractivity contribution in [2.45, 2.75) is 13.2 Å². The molecule has 0 unspecified atom stereocenters. The van der Waals surface area contributed by atoms with E-state index in [4.69, 9.17) is 23.7 Å². The minimum Gasteiger partial charge on any atom is -0.377 e. The van der Waals surface area contributed by atoms with Gasteiger partial charge in [0.15, 0.2) is 0 Å². The van der Waals surface area contributed by atoms with Crippen molar-refractivity contribution in [2.24, 2.45) is 0 Å². The van der Waals surface area contributed by atoms with E-state index in [1.54, 1.807) is 0 Å². The molecule has 1 aliphatic rings. The van der Waals surface area contributed by atoms with E-state index in [1.807, 2.05) is 18.2 Å². The highest BCUT2D eigenvalue weighted by atomic mass is 16.6. The Balaban J connectivity index is 1.94. The van der Waals surface area contributed by atoms with Crippen molar-refractivity contribution in [3.63, 3.8) is 0 Å². The molecule has 0 saturated heterocycles. The molecule has 1 heterocycles. The molecule has 0 fully saturated rings. The van der Waals surface area contributed by atoms with E-state index in [2.05, 4.69) is 6.07 Å². The smallest absolute Gasteiger partial charge is 0.0999 e. The summed E-state index contributed by atoms with van der Waals surface area (Å²) in [6, 6.07) is 7.97. The Morgan fingerprint density at radius 3 is 1.43 bits per heavy atom. The highest BCUT2D eigenvalue weighted by Gasteiger charge is 2.08. The Morgan fingerprint density at radius 1 is 0.652 bits per heavy atom. The summed E-state index contributed by atoms with van der Waals surface area (Å²) in [6.45, 7) is 4.90. The van der Waals surface area contributed by atoms with Gasteiger partial charge in [-0.3, -0.25) is 0 Å². The van der Waals surface area contributed by atoms with E-state index in [9.17, 15) is 5.26 Å². The topological polar surface area (TPSA) is 69.9 Å². The van der Waals surface area contributed by atoms with Crippen LogP contribution in [0.1, 0.15) is 16.7 Å². The number of hydrogen-bond acceptors (Lipinski definition) is 6. The second-order valence-corrected chi connectivity index (χ2v) is 5.01. The number of ether oxygens (including phenoxy) is 5. The molecule has 1 aliphatic heterocycles. The average molecular weight is 321 g/mol. The minimum absolute atomic E-state index is 0.389. The first-order chi connectivity index (χ1) is 11.4. The fourth-order valence-electron chi connectivity index (χ4n) is 2.18. The van der Waals surface area contributed by atoms with Crippen molar-refractivity contribution in [3.05, 3.63) is 34.9 Å². The lowest BCUT2D eigenvalue weighted by Gasteiger charge is -2.12. The zero-order chi connectivity index (χ0) is 16.2. The molecule has 0 radical (unpaired) electrons. The lowest BCUT2D eigenvalue weighted by atomic mass is 10.0. The van der Waals surface area contributed by atoms with Crippen LogP contribution in [0.15, 0.2) is 18.2 Å². The number of hydrogen-bond donors (Lipinski definition) is 0. The number of nitriles is 1. The van der Waals surface area contributed by atoms with Gasteiger partial charge in [-0.05, 0) is 11.1 Å². The minimum atomic E-state index is 0.389. The molecule has 1 aromatic carbocycles. The van der Waals surface area contributed by atoms with Gasteiger partial charge in [0.2, 0.25) is 0 Å². The fraction of sp³-hybridized carbons (Fsp3) is 0.588. The maximum Gasteiger partial charge on any atom is 0.0999 e. The lowest BCUT2D eigenvalue weighted by molar-refractivity contribution is -0.0144. The Bertz CT molecular complexity index is 466. The SMILES string of the molecule is N#Cc1c2cccc1COCCOCCOCCOCCOC2. The van der Waals surface area contributed by atoms with Gasteiger partial charge in [-0.25, -0.2) is 0 Å². The summed E-state index contributed by atoms with van der Waals surface area (Å²) < 4.78 is 27.4. The Morgan fingerprint density at radius 2 is 1.04 bits per heavy atom. The van der Waals surface area contributed by atoms with Gasteiger partial charge < -0.3 is 23.7 Å². The quantitative estimate of drug-likeness (QED) is 0.724. The molecule has 6 nitrogen and oxygen atoms in total. The number of nitrogens with zero attached hydrogens (tertiary/aromatic N) is 1. The van der Waals surface area contributed by atoms with Crippen LogP contribution in [0.5, 0.6) is 0 Å². The van der Waals surface area contributed by atoms with Crippen LogP contribution in [-0.2, 0) is 36.9 Å². The average Bonchev–Trinajstić information content (AvgIpc) is 2.57. The van der Waals surface area contributed by atoms with Crippen LogP contribution in [-0.4, -0.2) is 52.9 Å². The van der Waals surface area contributed by atoms with Crippen molar-refractivity contribution in [3.8, 4) is 6.07 Å². The molecule has 0 aromatic heterocycles. The summed E-state index contributed by atoms with van der Waals surface area (Å²) >= 11 is 0. The third-order valence-electron chi connectivity index (χ3n) is 3.35. The third-order valence-corrected chi connectivity index (χ3v) is 3.35. The van der Waals surface area contributed by atoms with Gasteiger partial charge in [-0.15, -0.1) is 0 Å². The second kappa shape index (κ2) is 11.1. The molecular formula is C17H23NO5. The third kappa shape index (κ3) is 6.65. The monoisotopic (exact) mass is 321 g/mol. The molecule has 0 spiro atoms. The second-order valence-electron chi connectivity index (χ2n) is 5.01. The van der Waals surface area contributed by atoms with Gasteiger partial charge in [0.05, 0.1) is 77.7 Å². The molecule has 0 N–H and O–H groups in total. The molecule has 126 valence electrons. The van der Waals surface area contributed by atoms with Crippen LogP contribution in [0.3, 0.4) is 0 Å². The highest BCUT2D eigenvalue weighted by molar-refractivity contribution is 5.43. The first kappa shape index (κ1) is 17.9. The summed E-state index contributed by atoms with van der Waals surface area (Å²) in [5.74, 6) is 0. The molecule has 0 aliphatic carbocycles. The van der Waals surface area contributed by atoms with E-state index < -0.39 is 0 Å². The van der Waals surface area contributed by atoms with Crippen LogP contribution in [0.2, 0.25) is 0 Å². The Labute approximate surface area is 136 Å². The molecule has 1 aromatic rings. The van der Waals surface area contributed by atoms with Gasteiger partial charge in [0.25, 0.3) is 0 Å².